The van der Waals surface area contributed by atoms with Gasteiger partial charge in [-0.1, -0.05) is 43.3 Å². The third-order valence-electron chi connectivity index (χ3n) is 7.15. The molecule has 2 atom stereocenters. The Morgan fingerprint density at radius 3 is 2.07 bits per heavy atom. The van der Waals surface area contributed by atoms with Crippen molar-refractivity contribution in [1.29, 1.82) is 0 Å². The van der Waals surface area contributed by atoms with E-state index in [1.54, 1.807) is 57.7 Å². The van der Waals surface area contributed by atoms with Crippen LogP contribution in [0.1, 0.15) is 82.7 Å². The van der Waals surface area contributed by atoms with E-state index in [0.717, 1.165) is 11.1 Å². The minimum absolute atomic E-state index is 0.0559. The first-order valence-corrected chi connectivity index (χ1v) is 15.4. The molecule has 2 rings (SSSR count). The van der Waals surface area contributed by atoms with Gasteiger partial charge in [0.25, 0.3) is 5.91 Å². The van der Waals surface area contributed by atoms with Crippen LogP contribution in [0.4, 0.5) is 10.5 Å². The number of aryl methyl sites for hydroxylation is 3. The molecule has 0 saturated carbocycles. The number of hydrogen-bond acceptors (Lipinski definition) is 6. The van der Waals surface area contributed by atoms with Crippen LogP contribution >= 0.6 is 11.8 Å². The number of alkyl carbamates (subject to hydrolysis) is 1. The van der Waals surface area contributed by atoms with E-state index >= 15 is 0 Å². The van der Waals surface area contributed by atoms with Crippen LogP contribution in [0.25, 0.3) is 0 Å². The van der Waals surface area contributed by atoms with Gasteiger partial charge in [-0.15, -0.1) is 0 Å². The number of anilines is 1. The Kier molecular flexibility index (Phi) is 11.7. The van der Waals surface area contributed by atoms with Crippen LogP contribution in [0.2, 0.25) is 0 Å². The van der Waals surface area contributed by atoms with Crippen molar-refractivity contribution in [3.05, 3.63) is 58.7 Å². The van der Waals surface area contributed by atoms with Crippen LogP contribution in [-0.2, 0) is 14.3 Å². The monoisotopic (exact) mass is 585 g/mol. The first-order chi connectivity index (χ1) is 19.0. The van der Waals surface area contributed by atoms with Crippen LogP contribution in [0.3, 0.4) is 0 Å². The number of carbonyl (C=O) groups excluding carboxylic acids is 3. The number of benzene rings is 2. The topological polar surface area (TPSA) is 108 Å². The Bertz CT molecular complexity index is 1220. The van der Waals surface area contributed by atoms with Crippen LogP contribution in [0, 0.1) is 20.8 Å². The predicted octanol–water partition coefficient (Wildman–Crippen LogP) is 6.66. The number of hydrogen-bond donors (Lipinski definition) is 3. The zero-order valence-corrected chi connectivity index (χ0v) is 27.0. The molecule has 2 aromatic carbocycles. The Hall–Kier alpha value is -3.20. The Balaban J connectivity index is 2.73. The van der Waals surface area contributed by atoms with E-state index in [-0.39, 0.29) is 5.75 Å². The van der Waals surface area contributed by atoms with Crippen LogP contribution < -0.4 is 10.6 Å². The normalized spacial score (nSPS) is 13.2. The van der Waals surface area contributed by atoms with Crippen LogP contribution in [0.15, 0.2) is 36.4 Å². The number of aromatic hydroxyl groups is 1. The number of carbonyl (C=O) groups is 3. The molecule has 2 unspecified atom stereocenters. The second kappa shape index (κ2) is 14.1. The summed E-state index contributed by atoms with van der Waals surface area (Å²) >= 11 is 1.55. The van der Waals surface area contributed by atoms with Gasteiger partial charge in [0.15, 0.2) is 0 Å². The molecule has 0 aliphatic heterocycles. The number of phenolic OH excluding ortho intramolecular Hbond substituents is 1. The van der Waals surface area contributed by atoms with Gasteiger partial charge in [-0.3, -0.25) is 9.59 Å². The first kappa shape index (κ1) is 34.0. The van der Waals surface area contributed by atoms with Crippen molar-refractivity contribution in [1.82, 2.24) is 10.2 Å². The molecular formula is C32H47N3O5S. The van der Waals surface area contributed by atoms with Gasteiger partial charge >= 0.3 is 6.09 Å². The molecule has 0 aliphatic rings. The van der Waals surface area contributed by atoms with Gasteiger partial charge in [-0.05, 0) is 96.9 Å². The largest absolute Gasteiger partial charge is 0.507 e. The van der Waals surface area contributed by atoms with E-state index in [4.69, 9.17) is 4.74 Å². The maximum atomic E-state index is 14.5. The number of para-hydroxylation sites is 2. The molecule has 0 fully saturated rings. The highest BCUT2D eigenvalue weighted by Crippen LogP contribution is 2.38. The average molecular weight is 586 g/mol. The van der Waals surface area contributed by atoms with Crippen molar-refractivity contribution in [3.63, 3.8) is 0 Å². The van der Waals surface area contributed by atoms with Gasteiger partial charge in [0.05, 0.1) is 0 Å². The van der Waals surface area contributed by atoms with Gasteiger partial charge in [0, 0.05) is 16.8 Å². The number of rotatable bonds is 11. The first-order valence-electron chi connectivity index (χ1n) is 14.0. The summed E-state index contributed by atoms with van der Waals surface area (Å²) in [5.74, 6) is -0.348. The Morgan fingerprint density at radius 1 is 0.976 bits per heavy atom. The third-order valence-corrected chi connectivity index (χ3v) is 7.80. The molecule has 0 radical (unpaired) electrons. The Labute approximate surface area is 249 Å². The lowest BCUT2D eigenvalue weighted by Gasteiger charge is -2.44. The molecule has 3 amide bonds. The number of nitrogens with one attached hydrogen (secondary N) is 2. The van der Waals surface area contributed by atoms with E-state index < -0.39 is 41.1 Å². The second-order valence-electron chi connectivity index (χ2n) is 12.0. The van der Waals surface area contributed by atoms with Gasteiger partial charge in [-0.25, -0.2) is 4.79 Å². The molecule has 0 spiro atoms. The summed E-state index contributed by atoms with van der Waals surface area (Å²) in [6.07, 6.45) is 2.07. The SMILES string of the molecule is CCC(C)(C)N(C(=O)C(CCSC)NC(=O)OC(C)(C)C)C(C(=O)Nc1c(C)cccc1C)c1cccc(C)c1O. The highest BCUT2D eigenvalue weighted by Gasteiger charge is 2.44. The lowest BCUT2D eigenvalue weighted by Crippen LogP contribution is -2.59. The fourth-order valence-electron chi connectivity index (χ4n) is 4.56. The highest BCUT2D eigenvalue weighted by atomic mass is 32.2. The summed E-state index contributed by atoms with van der Waals surface area (Å²) < 4.78 is 5.48. The second-order valence-corrected chi connectivity index (χ2v) is 13.0. The predicted molar refractivity (Wildman–Crippen MR) is 168 cm³/mol. The maximum absolute atomic E-state index is 14.5. The summed E-state index contributed by atoms with van der Waals surface area (Å²) in [6, 6.07) is 8.77. The minimum Gasteiger partial charge on any atom is -0.507 e. The van der Waals surface area contributed by atoms with E-state index in [1.165, 1.54) is 4.90 Å². The molecule has 2 aromatic rings. The van der Waals surface area contributed by atoms with Crippen molar-refractivity contribution in [2.24, 2.45) is 0 Å². The fraction of sp³-hybridized carbons (Fsp3) is 0.531. The molecule has 0 aliphatic carbocycles. The summed E-state index contributed by atoms with van der Waals surface area (Å²) in [4.78, 5) is 43.2. The third kappa shape index (κ3) is 8.89. The molecule has 3 N–H and O–H groups in total. The molecule has 41 heavy (non-hydrogen) atoms. The van der Waals surface area contributed by atoms with Crippen molar-refractivity contribution < 1.29 is 24.2 Å². The van der Waals surface area contributed by atoms with Gasteiger partial charge in [-0.2, -0.15) is 11.8 Å². The van der Waals surface area contributed by atoms with Crippen LogP contribution in [0.5, 0.6) is 5.75 Å². The summed E-state index contributed by atoms with van der Waals surface area (Å²) in [5.41, 5.74) is 1.72. The smallest absolute Gasteiger partial charge is 0.408 e. The maximum Gasteiger partial charge on any atom is 0.408 e. The highest BCUT2D eigenvalue weighted by molar-refractivity contribution is 7.98. The molecule has 8 nitrogen and oxygen atoms in total. The number of thioether (sulfide) groups is 1. The average Bonchev–Trinajstić information content (AvgIpc) is 2.87. The molecule has 0 aromatic heterocycles. The van der Waals surface area contributed by atoms with Gasteiger partial charge < -0.3 is 25.4 Å². The van der Waals surface area contributed by atoms with Crippen molar-refractivity contribution in [2.75, 3.05) is 17.3 Å². The molecular weight excluding hydrogens is 538 g/mol. The van der Waals surface area contributed by atoms with E-state index in [1.807, 2.05) is 59.1 Å². The number of ether oxygens (including phenoxy) is 1. The zero-order valence-electron chi connectivity index (χ0n) is 26.2. The number of nitrogens with zero attached hydrogens (tertiary/aromatic N) is 1. The molecule has 226 valence electrons. The number of phenols is 1. The number of amides is 3. The Morgan fingerprint density at radius 2 is 1.54 bits per heavy atom. The van der Waals surface area contributed by atoms with E-state index in [2.05, 4.69) is 10.6 Å². The molecule has 0 heterocycles. The zero-order chi connectivity index (χ0) is 31.1. The van der Waals surface area contributed by atoms with Crippen molar-refractivity contribution >= 4 is 35.4 Å². The van der Waals surface area contributed by atoms with E-state index in [0.29, 0.717) is 35.4 Å². The minimum atomic E-state index is -1.19. The van der Waals surface area contributed by atoms with Crippen molar-refractivity contribution in [3.8, 4) is 5.75 Å². The quantitative estimate of drug-likeness (QED) is 0.272. The summed E-state index contributed by atoms with van der Waals surface area (Å²) in [6.45, 7) is 16.5. The fourth-order valence-corrected chi connectivity index (χ4v) is 5.03. The van der Waals surface area contributed by atoms with Gasteiger partial charge in [0.1, 0.15) is 23.4 Å². The van der Waals surface area contributed by atoms with Gasteiger partial charge in [0.2, 0.25) is 5.91 Å². The standard InChI is InChI=1S/C32H47N3O5S/c1-11-32(8,9)35(29(38)24(18-19-41-10)33-30(39)40-31(5,6)7)26(23-17-13-16-22(4)27(23)36)28(37)34-25-20(2)14-12-15-21(25)3/h12-17,24,26,36H,11,18-19H2,1-10H3,(H,33,39)(H,34,37). The summed E-state index contributed by atoms with van der Waals surface area (Å²) in [5, 5.41) is 17.0. The lowest BCUT2D eigenvalue weighted by atomic mass is 9.90. The molecule has 0 bridgehead atoms. The summed E-state index contributed by atoms with van der Waals surface area (Å²) in [7, 11) is 0. The molecule has 0 saturated heterocycles. The lowest BCUT2D eigenvalue weighted by molar-refractivity contribution is -0.147. The van der Waals surface area contributed by atoms with Crippen molar-refractivity contribution in [2.45, 2.75) is 98.4 Å². The van der Waals surface area contributed by atoms with Crippen LogP contribution in [-0.4, -0.2) is 57.1 Å². The molecule has 9 heteroatoms. The van der Waals surface area contributed by atoms with E-state index in [9.17, 15) is 19.5 Å².